The number of nitrogens with one attached hydrogen (secondary N) is 3. The van der Waals surface area contributed by atoms with E-state index in [2.05, 4.69) is 47.1 Å². The van der Waals surface area contributed by atoms with Crippen molar-refractivity contribution in [1.82, 2.24) is 30.7 Å². The Bertz CT molecular complexity index is 1900. The maximum atomic E-state index is 14.0. The molecule has 12 nitrogen and oxygen atoms in total. The number of nitrogens with zero attached hydrogens (tertiary/aromatic N) is 3. The van der Waals surface area contributed by atoms with E-state index in [1.165, 1.54) is 11.1 Å². The van der Waals surface area contributed by atoms with Gasteiger partial charge in [0.1, 0.15) is 6.04 Å². The smallest absolute Gasteiger partial charge is 0.253 e. The maximum absolute atomic E-state index is 14.0. The van der Waals surface area contributed by atoms with Crippen molar-refractivity contribution in [3.8, 4) is 0 Å². The summed E-state index contributed by atoms with van der Waals surface area (Å²) in [5, 5.41) is 9.19. The Labute approximate surface area is 347 Å². The number of benzene rings is 3. The van der Waals surface area contributed by atoms with Crippen molar-refractivity contribution in [2.75, 3.05) is 39.3 Å². The van der Waals surface area contributed by atoms with Crippen LogP contribution in [0.1, 0.15) is 109 Å². The van der Waals surface area contributed by atoms with Gasteiger partial charge in [0.05, 0.1) is 18.4 Å². The maximum Gasteiger partial charge on any atom is 0.253 e. The molecule has 0 aromatic heterocycles. The van der Waals surface area contributed by atoms with Gasteiger partial charge < -0.3 is 30.7 Å². The van der Waals surface area contributed by atoms with Crippen molar-refractivity contribution >= 4 is 35.4 Å². The fraction of sp³-hybridized carbons (Fsp3) is 0.489. The molecule has 2 aliphatic carbocycles. The van der Waals surface area contributed by atoms with Crippen molar-refractivity contribution < 1.29 is 28.8 Å². The van der Waals surface area contributed by atoms with E-state index in [-0.39, 0.29) is 92.1 Å². The number of likely N-dealkylation sites (tertiary alicyclic amines) is 1. The molecular formula is C47H58N6O6. The molecule has 3 aromatic carbocycles. The first-order valence-corrected chi connectivity index (χ1v) is 21.6. The molecule has 4 fully saturated rings. The first-order chi connectivity index (χ1) is 28.7. The Kier molecular flexibility index (Phi) is 13.4. The highest BCUT2D eigenvalue weighted by atomic mass is 16.2. The Balaban J connectivity index is 0.990. The zero-order chi connectivity index (χ0) is 41.5. The monoisotopic (exact) mass is 802 g/mol. The van der Waals surface area contributed by atoms with Gasteiger partial charge in [0.25, 0.3) is 11.8 Å². The molecule has 12 heteroatoms. The van der Waals surface area contributed by atoms with Gasteiger partial charge >= 0.3 is 0 Å². The lowest BCUT2D eigenvalue weighted by Crippen LogP contribution is -2.61. The molecule has 0 spiro atoms. The van der Waals surface area contributed by atoms with Gasteiger partial charge in [-0.25, -0.2) is 0 Å². The number of rotatable bonds is 16. The average molecular weight is 803 g/mol. The molecule has 59 heavy (non-hydrogen) atoms. The van der Waals surface area contributed by atoms with E-state index in [0.717, 1.165) is 44.9 Å². The normalized spacial score (nSPS) is 24.6. The van der Waals surface area contributed by atoms with Crippen LogP contribution in [0, 0.1) is 11.8 Å². The van der Waals surface area contributed by atoms with E-state index in [4.69, 9.17) is 0 Å². The molecule has 3 aromatic rings. The molecule has 1 unspecified atom stereocenters. The van der Waals surface area contributed by atoms with Crippen LogP contribution in [-0.4, -0.2) is 108 Å². The van der Waals surface area contributed by atoms with E-state index in [1.54, 1.807) is 39.0 Å². The summed E-state index contributed by atoms with van der Waals surface area (Å²) in [6.07, 6.45) is 7.11. The van der Waals surface area contributed by atoms with Crippen molar-refractivity contribution in [2.24, 2.45) is 11.8 Å². The topological polar surface area (TPSA) is 148 Å². The van der Waals surface area contributed by atoms with Crippen LogP contribution in [-0.2, 0) is 19.2 Å². The van der Waals surface area contributed by atoms with Crippen molar-refractivity contribution in [3.05, 3.63) is 107 Å². The quantitative estimate of drug-likeness (QED) is 0.176. The standard InChI is InChI=1S/C47H58N6O6/c1-3-5-6-7-14-19-42(54)53-25-24-51(30-41(53)45(57)48-4-2)46(58)33-20-22-34(23-21-33)47(59)52-28-37(43(55)49-39-26-35(39)31-15-10-8-11-16-31)38(29-52)44(56)50-40-27-36(40)32-17-12-9-13-18-32/h8-13,15-18,20-23,35-41H,3-7,14,19,24-30H2,1-2H3,(H,48,57)(H,49,55)(H,50,56)/t35-,36-,37-,38-,39+,40+,41?/m1/s1. The lowest BCUT2D eigenvalue weighted by molar-refractivity contribution is -0.143. The van der Waals surface area contributed by atoms with Gasteiger partial charge in [0, 0.05) is 74.2 Å². The van der Waals surface area contributed by atoms with E-state index in [1.807, 2.05) is 43.3 Å². The minimum Gasteiger partial charge on any atom is -0.355 e. The van der Waals surface area contributed by atoms with Crippen LogP contribution >= 0.6 is 0 Å². The predicted molar refractivity (Wildman–Crippen MR) is 224 cm³/mol. The lowest BCUT2D eigenvalue weighted by atomic mass is 9.94. The third kappa shape index (κ3) is 10.0. The van der Waals surface area contributed by atoms with Crippen LogP contribution in [0.5, 0.6) is 0 Å². The highest BCUT2D eigenvalue weighted by molar-refractivity contribution is 6.00. The van der Waals surface area contributed by atoms with Crippen molar-refractivity contribution in [3.63, 3.8) is 0 Å². The molecule has 0 bridgehead atoms. The van der Waals surface area contributed by atoms with Crippen LogP contribution in [0.3, 0.4) is 0 Å². The van der Waals surface area contributed by atoms with Crippen LogP contribution in [0.15, 0.2) is 84.9 Å². The molecular weight excluding hydrogens is 745 g/mol. The van der Waals surface area contributed by atoms with Crippen molar-refractivity contribution in [1.29, 1.82) is 0 Å². The zero-order valence-corrected chi connectivity index (χ0v) is 34.3. The summed E-state index contributed by atoms with van der Waals surface area (Å²) < 4.78 is 0. The summed E-state index contributed by atoms with van der Waals surface area (Å²) in [5.41, 5.74) is 3.04. The fourth-order valence-electron chi connectivity index (χ4n) is 8.85. The molecule has 312 valence electrons. The highest BCUT2D eigenvalue weighted by Gasteiger charge is 2.49. The van der Waals surface area contributed by atoms with Gasteiger partial charge in [-0.3, -0.25) is 28.8 Å². The van der Waals surface area contributed by atoms with Gasteiger partial charge in [-0.2, -0.15) is 0 Å². The first kappa shape index (κ1) is 41.6. The number of carbonyl (C=O) groups is 6. The summed E-state index contributed by atoms with van der Waals surface area (Å²) in [7, 11) is 0. The summed E-state index contributed by atoms with van der Waals surface area (Å²) >= 11 is 0. The largest absolute Gasteiger partial charge is 0.355 e. The second kappa shape index (κ2) is 19.0. The van der Waals surface area contributed by atoms with Crippen molar-refractivity contribution in [2.45, 2.75) is 95.2 Å². The second-order valence-corrected chi connectivity index (χ2v) is 16.6. The molecule has 6 amide bonds. The summed E-state index contributed by atoms with van der Waals surface area (Å²) in [6, 6.07) is 25.7. The summed E-state index contributed by atoms with van der Waals surface area (Å²) in [6.45, 7) is 5.21. The van der Waals surface area contributed by atoms with Crippen LogP contribution in [0.4, 0.5) is 0 Å². The van der Waals surface area contributed by atoms with E-state index in [0.29, 0.717) is 24.1 Å². The molecule has 2 saturated heterocycles. The van der Waals surface area contributed by atoms with E-state index < -0.39 is 17.9 Å². The fourth-order valence-corrected chi connectivity index (χ4v) is 8.85. The zero-order valence-electron chi connectivity index (χ0n) is 34.3. The van der Waals surface area contributed by atoms with Crippen LogP contribution in [0.2, 0.25) is 0 Å². The van der Waals surface area contributed by atoms with Gasteiger partial charge in [-0.05, 0) is 61.6 Å². The molecule has 7 atom stereocenters. The number of piperazine rings is 1. The Morgan fingerprint density at radius 1 is 0.576 bits per heavy atom. The molecule has 0 radical (unpaired) electrons. The number of hydrogen-bond acceptors (Lipinski definition) is 6. The summed E-state index contributed by atoms with van der Waals surface area (Å²) in [5.74, 6) is -2.38. The van der Waals surface area contributed by atoms with Gasteiger partial charge in [-0.15, -0.1) is 0 Å². The highest BCUT2D eigenvalue weighted by Crippen LogP contribution is 2.42. The molecule has 7 rings (SSSR count). The van der Waals surface area contributed by atoms with Gasteiger partial charge in [0.15, 0.2) is 0 Å². The molecule has 2 aliphatic heterocycles. The van der Waals surface area contributed by atoms with E-state index >= 15 is 0 Å². The molecule has 4 aliphatic rings. The third-order valence-electron chi connectivity index (χ3n) is 12.5. The molecule has 3 N–H and O–H groups in total. The Morgan fingerprint density at radius 3 is 1.59 bits per heavy atom. The lowest BCUT2D eigenvalue weighted by Gasteiger charge is -2.40. The Hall–Kier alpha value is -5.52. The number of hydrogen-bond donors (Lipinski definition) is 3. The minimum absolute atomic E-state index is 0.0190. The summed E-state index contributed by atoms with van der Waals surface area (Å²) in [4.78, 5) is 86.6. The number of amides is 6. The van der Waals surface area contributed by atoms with Crippen LogP contribution in [0.25, 0.3) is 0 Å². The number of carbonyl (C=O) groups excluding carboxylic acids is 6. The van der Waals surface area contributed by atoms with E-state index in [9.17, 15) is 28.8 Å². The molecule has 2 heterocycles. The Morgan fingerprint density at radius 2 is 1.08 bits per heavy atom. The average Bonchev–Trinajstić information content (AvgIpc) is 4.18. The van der Waals surface area contributed by atoms with Gasteiger partial charge in [0.2, 0.25) is 23.6 Å². The minimum atomic E-state index is -0.782. The SMILES string of the molecule is CCCCCCCC(=O)N1CCN(C(=O)c2ccc(C(=O)N3C[C@@H](C(=O)N[C@H]4C[C@@H]4c4ccccc4)[C@H](C(=O)N[C@H]4C[C@@H]4c4ccccc4)C3)cc2)CC1C(=O)NCC. The first-order valence-electron chi connectivity index (χ1n) is 21.6. The number of likely N-dealkylation sites (N-methyl/N-ethyl adjacent to an activating group) is 1. The van der Waals surface area contributed by atoms with Crippen LogP contribution < -0.4 is 16.0 Å². The number of unbranched alkanes of at least 4 members (excludes halogenated alkanes) is 4. The third-order valence-corrected chi connectivity index (χ3v) is 12.5. The second-order valence-electron chi connectivity index (χ2n) is 16.6. The predicted octanol–water partition coefficient (Wildman–Crippen LogP) is 4.87. The molecule has 2 saturated carbocycles. The van der Waals surface area contributed by atoms with Gasteiger partial charge in [-0.1, -0.05) is 93.3 Å².